The summed E-state index contributed by atoms with van der Waals surface area (Å²) in [7, 11) is 4.13. The fourth-order valence-corrected chi connectivity index (χ4v) is 4.02. The Labute approximate surface area is 138 Å². The lowest BCUT2D eigenvalue weighted by Crippen LogP contribution is -2.16. The highest BCUT2D eigenvalue weighted by Gasteiger charge is 2.29. The summed E-state index contributed by atoms with van der Waals surface area (Å²) in [6.45, 7) is 1.81. The lowest BCUT2D eigenvalue weighted by molar-refractivity contribution is 0.811. The van der Waals surface area contributed by atoms with Crippen molar-refractivity contribution in [3.05, 3.63) is 44.9 Å². The number of aromatic nitrogens is 1. The van der Waals surface area contributed by atoms with E-state index >= 15 is 0 Å². The summed E-state index contributed by atoms with van der Waals surface area (Å²) in [6, 6.07) is 8.46. The second kappa shape index (κ2) is 6.46. The van der Waals surface area contributed by atoms with Gasteiger partial charge in [0.1, 0.15) is 0 Å². The van der Waals surface area contributed by atoms with Crippen LogP contribution < -0.4 is 10.2 Å². The van der Waals surface area contributed by atoms with Gasteiger partial charge in [0, 0.05) is 35.4 Å². The predicted octanol–water partition coefficient (Wildman–Crippen LogP) is 4.14. The molecule has 1 aromatic heterocycles. The molecule has 0 aliphatic heterocycles. The van der Waals surface area contributed by atoms with Crippen LogP contribution >= 0.6 is 27.3 Å². The van der Waals surface area contributed by atoms with E-state index in [2.05, 4.69) is 57.5 Å². The molecule has 0 spiro atoms. The molecule has 0 unspecified atom stereocenters. The molecule has 1 aliphatic rings. The van der Waals surface area contributed by atoms with Crippen LogP contribution in [0.5, 0.6) is 0 Å². The zero-order chi connectivity index (χ0) is 14.8. The van der Waals surface area contributed by atoms with Crippen molar-refractivity contribution in [2.24, 2.45) is 0 Å². The molecule has 0 atom stereocenters. The summed E-state index contributed by atoms with van der Waals surface area (Å²) in [6.07, 6.45) is 2.60. The van der Waals surface area contributed by atoms with Gasteiger partial charge in [-0.05, 0) is 37.6 Å². The van der Waals surface area contributed by atoms with Crippen LogP contribution in [0.25, 0.3) is 0 Å². The Morgan fingerprint density at radius 1 is 1.43 bits per heavy atom. The Kier molecular flexibility index (Phi) is 4.62. The molecular formula is C16H20BrN3S. The molecule has 21 heavy (non-hydrogen) atoms. The number of rotatable bonds is 6. The highest BCUT2D eigenvalue weighted by Crippen LogP contribution is 2.44. The fraction of sp³-hybridized carbons (Fsp3) is 0.438. The van der Waals surface area contributed by atoms with Crippen molar-refractivity contribution >= 4 is 32.4 Å². The van der Waals surface area contributed by atoms with Crippen LogP contribution in [0.3, 0.4) is 0 Å². The normalized spacial score (nSPS) is 14.4. The van der Waals surface area contributed by atoms with Crippen molar-refractivity contribution in [1.82, 2.24) is 10.3 Å². The summed E-state index contributed by atoms with van der Waals surface area (Å²) in [5, 5.41) is 4.39. The third-order valence-electron chi connectivity index (χ3n) is 3.65. The average molecular weight is 366 g/mol. The van der Waals surface area contributed by atoms with Crippen molar-refractivity contribution in [3.63, 3.8) is 0 Å². The number of thiazole rings is 1. The summed E-state index contributed by atoms with van der Waals surface area (Å²) in [4.78, 5) is 8.55. The first-order chi connectivity index (χ1) is 10.2. The summed E-state index contributed by atoms with van der Waals surface area (Å²) in [5.74, 6) is 0.706. The molecule has 1 aromatic carbocycles. The van der Waals surface area contributed by atoms with E-state index in [0.717, 1.165) is 22.7 Å². The van der Waals surface area contributed by atoms with Gasteiger partial charge >= 0.3 is 0 Å². The summed E-state index contributed by atoms with van der Waals surface area (Å²) in [5.41, 5.74) is 2.62. The molecule has 1 heterocycles. The maximum absolute atomic E-state index is 4.90. The van der Waals surface area contributed by atoms with E-state index in [-0.39, 0.29) is 0 Å². The van der Waals surface area contributed by atoms with Gasteiger partial charge in [0.25, 0.3) is 0 Å². The first-order valence-corrected chi connectivity index (χ1v) is 8.88. The van der Waals surface area contributed by atoms with Gasteiger partial charge in [-0.25, -0.2) is 4.98 Å². The Morgan fingerprint density at radius 2 is 2.24 bits per heavy atom. The van der Waals surface area contributed by atoms with Crippen molar-refractivity contribution in [2.75, 3.05) is 19.0 Å². The Balaban J connectivity index is 1.77. The van der Waals surface area contributed by atoms with Gasteiger partial charge in [0.2, 0.25) is 0 Å². The third kappa shape index (κ3) is 3.65. The molecule has 1 aliphatic carbocycles. The zero-order valence-electron chi connectivity index (χ0n) is 12.4. The number of nitrogens with zero attached hydrogens (tertiary/aromatic N) is 2. The van der Waals surface area contributed by atoms with Gasteiger partial charge in [0.15, 0.2) is 5.13 Å². The summed E-state index contributed by atoms with van der Waals surface area (Å²) >= 11 is 5.36. The molecule has 3 nitrogen and oxygen atoms in total. The van der Waals surface area contributed by atoms with Crippen molar-refractivity contribution < 1.29 is 0 Å². The maximum atomic E-state index is 4.90. The molecule has 0 radical (unpaired) electrons. The van der Waals surface area contributed by atoms with Gasteiger partial charge in [-0.15, -0.1) is 11.3 Å². The molecule has 3 rings (SSSR count). The van der Waals surface area contributed by atoms with E-state index in [1.807, 2.05) is 18.4 Å². The van der Waals surface area contributed by atoms with Gasteiger partial charge in [0.05, 0.1) is 5.69 Å². The lowest BCUT2D eigenvalue weighted by atomic mass is 10.2. The first kappa shape index (κ1) is 15.0. The quantitative estimate of drug-likeness (QED) is 0.833. The molecule has 0 saturated heterocycles. The molecule has 2 aromatic rings. The fourth-order valence-electron chi connectivity index (χ4n) is 2.45. The minimum Gasteiger partial charge on any atom is -0.347 e. The van der Waals surface area contributed by atoms with Crippen molar-refractivity contribution in [2.45, 2.75) is 31.8 Å². The standard InChI is InChI=1S/C16H20BrN3S/c1-18-9-14-15(12-6-7-12)19-16(21-14)20(2)10-11-4-3-5-13(17)8-11/h3-5,8,12,18H,6-7,9-10H2,1-2H3. The van der Waals surface area contributed by atoms with Crippen LogP contribution in [0.2, 0.25) is 0 Å². The zero-order valence-corrected chi connectivity index (χ0v) is 14.8. The first-order valence-electron chi connectivity index (χ1n) is 7.27. The molecule has 112 valence electrons. The molecule has 0 bridgehead atoms. The Bertz CT molecular complexity index is 622. The van der Waals surface area contributed by atoms with E-state index in [4.69, 9.17) is 4.98 Å². The molecule has 1 saturated carbocycles. The smallest absolute Gasteiger partial charge is 0.185 e. The lowest BCUT2D eigenvalue weighted by Gasteiger charge is -2.15. The number of hydrogen-bond acceptors (Lipinski definition) is 4. The number of anilines is 1. The van der Waals surface area contributed by atoms with Gasteiger partial charge < -0.3 is 10.2 Å². The number of benzene rings is 1. The molecule has 1 fully saturated rings. The van der Waals surface area contributed by atoms with E-state index < -0.39 is 0 Å². The SMILES string of the molecule is CNCc1sc(N(C)Cc2cccc(Br)c2)nc1C1CC1. The minimum absolute atomic E-state index is 0.706. The van der Waals surface area contributed by atoms with E-state index in [1.165, 1.54) is 29.0 Å². The third-order valence-corrected chi connectivity index (χ3v) is 5.33. The number of hydrogen-bond donors (Lipinski definition) is 1. The number of nitrogens with one attached hydrogen (secondary N) is 1. The van der Waals surface area contributed by atoms with E-state index in [9.17, 15) is 0 Å². The van der Waals surface area contributed by atoms with Crippen LogP contribution in [-0.4, -0.2) is 19.1 Å². The average Bonchev–Trinajstić information content (AvgIpc) is 3.20. The Morgan fingerprint density at radius 3 is 2.90 bits per heavy atom. The van der Waals surface area contributed by atoms with Gasteiger partial charge in [-0.3, -0.25) is 0 Å². The summed E-state index contributed by atoms with van der Waals surface area (Å²) < 4.78 is 1.13. The largest absolute Gasteiger partial charge is 0.347 e. The molecule has 5 heteroatoms. The van der Waals surface area contributed by atoms with Crippen molar-refractivity contribution in [3.8, 4) is 0 Å². The second-order valence-corrected chi connectivity index (χ2v) is 7.57. The van der Waals surface area contributed by atoms with Gasteiger partial charge in [-0.2, -0.15) is 0 Å². The topological polar surface area (TPSA) is 28.2 Å². The molecular weight excluding hydrogens is 346 g/mol. The van der Waals surface area contributed by atoms with Crippen molar-refractivity contribution in [1.29, 1.82) is 0 Å². The monoisotopic (exact) mass is 365 g/mol. The van der Waals surface area contributed by atoms with Crippen LogP contribution in [0.15, 0.2) is 28.7 Å². The predicted molar refractivity (Wildman–Crippen MR) is 93.1 cm³/mol. The number of halogens is 1. The van der Waals surface area contributed by atoms with E-state index in [0.29, 0.717) is 5.92 Å². The highest BCUT2D eigenvalue weighted by atomic mass is 79.9. The van der Waals surface area contributed by atoms with E-state index in [1.54, 1.807) is 0 Å². The van der Waals surface area contributed by atoms with Crippen LogP contribution in [0.4, 0.5) is 5.13 Å². The highest BCUT2D eigenvalue weighted by molar-refractivity contribution is 9.10. The minimum atomic E-state index is 0.706. The van der Waals surface area contributed by atoms with Gasteiger partial charge in [-0.1, -0.05) is 28.1 Å². The second-order valence-electron chi connectivity index (χ2n) is 5.60. The van der Waals surface area contributed by atoms with Crippen LogP contribution in [0.1, 0.15) is 34.9 Å². The Hall–Kier alpha value is -0.910. The molecule has 1 N–H and O–H groups in total. The molecule has 0 amide bonds. The maximum Gasteiger partial charge on any atom is 0.185 e. The van der Waals surface area contributed by atoms with Crippen LogP contribution in [-0.2, 0) is 13.1 Å². The van der Waals surface area contributed by atoms with Crippen LogP contribution in [0, 0.1) is 0 Å².